The number of halogens is 2. The Bertz CT molecular complexity index is 567. The molecule has 2 rings (SSSR count). The van der Waals surface area contributed by atoms with Crippen molar-refractivity contribution in [1.82, 2.24) is 4.98 Å². The molecule has 0 aliphatic carbocycles. The highest BCUT2D eigenvalue weighted by Crippen LogP contribution is 2.33. The van der Waals surface area contributed by atoms with Crippen LogP contribution in [0.25, 0.3) is 0 Å². The van der Waals surface area contributed by atoms with Crippen molar-refractivity contribution in [2.45, 2.75) is 13.3 Å². The first kappa shape index (κ1) is 13.7. The lowest BCUT2D eigenvalue weighted by molar-refractivity contribution is -0.117. The Morgan fingerprint density at radius 2 is 2.28 bits per heavy atom. The Balaban J connectivity index is 2.15. The molecule has 0 bridgehead atoms. The predicted molar refractivity (Wildman–Crippen MR) is 67.2 cm³/mol. The molecule has 0 N–H and O–H groups in total. The van der Waals surface area contributed by atoms with Crippen molar-refractivity contribution in [2.24, 2.45) is 5.92 Å². The fourth-order valence-electron chi connectivity index (χ4n) is 1.84. The lowest BCUT2D eigenvalue weighted by Gasteiger charge is -2.11. The number of nitrogens with zero attached hydrogens (tertiary/aromatic N) is 2. The molecular weight excluding hydrogens is 303 g/mol. The van der Waals surface area contributed by atoms with E-state index in [-0.39, 0.29) is 18.9 Å². The highest BCUT2D eigenvalue weighted by molar-refractivity contribution is 7.86. The number of hydrogen-bond donors (Lipinski definition) is 0. The van der Waals surface area contributed by atoms with Gasteiger partial charge in [0.25, 0.3) is 0 Å². The Morgan fingerprint density at radius 3 is 2.78 bits per heavy atom. The van der Waals surface area contributed by atoms with Gasteiger partial charge in [-0.2, -0.15) is 8.42 Å². The molecule has 5 nitrogen and oxygen atoms in total. The zero-order valence-electron chi connectivity index (χ0n) is 9.39. The van der Waals surface area contributed by atoms with Gasteiger partial charge < -0.3 is 0 Å². The van der Waals surface area contributed by atoms with Crippen molar-refractivity contribution in [3.8, 4) is 0 Å². The molecular formula is C9H10ClFN2O3S2. The lowest BCUT2D eigenvalue weighted by Crippen LogP contribution is -2.25. The minimum atomic E-state index is -4.56. The Labute approximate surface area is 113 Å². The molecule has 0 radical (unpaired) electrons. The highest BCUT2D eigenvalue weighted by atomic mass is 35.5. The topological polar surface area (TPSA) is 67.3 Å². The summed E-state index contributed by atoms with van der Waals surface area (Å²) in [6, 6.07) is 0. The number of hydrogen-bond acceptors (Lipinski definition) is 5. The smallest absolute Gasteiger partial charge is 0.288 e. The van der Waals surface area contributed by atoms with Crippen LogP contribution in [0, 0.1) is 12.8 Å². The largest absolute Gasteiger partial charge is 0.302 e. The predicted octanol–water partition coefficient (Wildman–Crippen LogP) is 1.76. The first-order chi connectivity index (χ1) is 8.26. The van der Waals surface area contributed by atoms with E-state index >= 15 is 0 Å². The fourth-order valence-corrected chi connectivity index (χ4v) is 3.70. The summed E-state index contributed by atoms with van der Waals surface area (Å²) in [6.45, 7) is 1.87. The van der Waals surface area contributed by atoms with Gasteiger partial charge in [0.1, 0.15) is 4.34 Å². The standard InChI is InChI=1S/C9H10ClFN2O3S2/c1-5-8(10)17-9(12-5)13-3-6(2-7(13)14)4-18(11,15)16/h6H,2-4H2,1H3. The van der Waals surface area contributed by atoms with Gasteiger partial charge in [-0.15, -0.1) is 3.89 Å². The van der Waals surface area contributed by atoms with E-state index in [0.29, 0.717) is 15.2 Å². The van der Waals surface area contributed by atoms with E-state index < -0.39 is 21.9 Å². The highest BCUT2D eigenvalue weighted by Gasteiger charge is 2.35. The van der Waals surface area contributed by atoms with Gasteiger partial charge in [0, 0.05) is 18.9 Å². The third kappa shape index (κ3) is 2.99. The monoisotopic (exact) mass is 312 g/mol. The number of carbonyl (C=O) groups is 1. The van der Waals surface area contributed by atoms with Crippen LogP contribution in [-0.4, -0.2) is 31.6 Å². The van der Waals surface area contributed by atoms with Gasteiger partial charge >= 0.3 is 10.2 Å². The number of thiazole rings is 1. The molecule has 1 atom stereocenters. The summed E-state index contributed by atoms with van der Waals surface area (Å²) in [4.78, 5) is 17.2. The minimum absolute atomic E-state index is 0.0133. The van der Waals surface area contributed by atoms with Crippen molar-refractivity contribution in [1.29, 1.82) is 0 Å². The molecule has 1 saturated heterocycles. The van der Waals surface area contributed by atoms with E-state index in [2.05, 4.69) is 4.98 Å². The molecule has 1 aromatic rings. The van der Waals surface area contributed by atoms with Gasteiger partial charge in [-0.25, -0.2) is 4.98 Å². The van der Waals surface area contributed by atoms with Crippen LogP contribution < -0.4 is 4.90 Å². The molecule has 1 aliphatic rings. The Morgan fingerprint density at radius 1 is 1.61 bits per heavy atom. The molecule has 1 fully saturated rings. The minimum Gasteiger partial charge on any atom is -0.288 e. The van der Waals surface area contributed by atoms with E-state index in [1.165, 1.54) is 4.90 Å². The lowest BCUT2D eigenvalue weighted by atomic mass is 10.1. The van der Waals surface area contributed by atoms with E-state index in [9.17, 15) is 17.1 Å². The SMILES string of the molecule is Cc1nc(N2CC(CS(=O)(=O)F)CC2=O)sc1Cl. The van der Waals surface area contributed by atoms with Crippen molar-refractivity contribution < 1.29 is 17.1 Å². The first-order valence-corrected chi connectivity index (χ1v) is 7.86. The number of rotatable bonds is 3. The molecule has 0 aromatic carbocycles. The van der Waals surface area contributed by atoms with Crippen LogP contribution in [0.15, 0.2) is 0 Å². The van der Waals surface area contributed by atoms with Gasteiger partial charge in [-0.1, -0.05) is 22.9 Å². The van der Waals surface area contributed by atoms with Crippen molar-refractivity contribution in [3.05, 3.63) is 10.0 Å². The maximum Gasteiger partial charge on any atom is 0.302 e. The van der Waals surface area contributed by atoms with E-state index in [1.54, 1.807) is 6.92 Å². The molecule has 100 valence electrons. The van der Waals surface area contributed by atoms with Crippen LogP contribution in [0.2, 0.25) is 4.34 Å². The molecule has 0 spiro atoms. The molecule has 1 amide bonds. The number of aromatic nitrogens is 1. The number of aryl methyl sites for hydroxylation is 1. The normalized spacial score (nSPS) is 20.7. The van der Waals surface area contributed by atoms with Gasteiger partial charge in [-0.3, -0.25) is 9.69 Å². The summed E-state index contributed by atoms with van der Waals surface area (Å²) in [7, 11) is -4.56. The van der Waals surface area contributed by atoms with Gasteiger partial charge in [0.2, 0.25) is 5.91 Å². The average Bonchev–Trinajstić information content (AvgIpc) is 2.69. The summed E-state index contributed by atoms with van der Waals surface area (Å²) < 4.78 is 34.2. The third-order valence-electron chi connectivity index (χ3n) is 2.60. The maximum atomic E-state index is 12.6. The van der Waals surface area contributed by atoms with Gasteiger partial charge in [0.05, 0.1) is 11.4 Å². The zero-order valence-corrected chi connectivity index (χ0v) is 11.8. The maximum absolute atomic E-state index is 12.6. The van der Waals surface area contributed by atoms with Crippen LogP contribution in [0.1, 0.15) is 12.1 Å². The molecule has 1 unspecified atom stereocenters. The van der Waals surface area contributed by atoms with Crippen LogP contribution in [0.3, 0.4) is 0 Å². The number of amides is 1. The van der Waals surface area contributed by atoms with Crippen molar-refractivity contribution >= 4 is 44.2 Å². The summed E-state index contributed by atoms with van der Waals surface area (Å²) in [5.74, 6) is -1.42. The van der Waals surface area contributed by atoms with Crippen molar-refractivity contribution in [3.63, 3.8) is 0 Å². The zero-order chi connectivity index (χ0) is 13.5. The average molecular weight is 313 g/mol. The first-order valence-electron chi connectivity index (χ1n) is 5.12. The van der Waals surface area contributed by atoms with Crippen molar-refractivity contribution in [2.75, 3.05) is 17.2 Å². The van der Waals surface area contributed by atoms with Crippen LogP contribution in [-0.2, 0) is 15.0 Å². The van der Waals surface area contributed by atoms with Gasteiger partial charge in [0.15, 0.2) is 5.13 Å². The molecule has 2 heterocycles. The molecule has 18 heavy (non-hydrogen) atoms. The summed E-state index contributed by atoms with van der Waals surface area (Å²) >= 11 is 7.01. The Kier molecular flexibility index (Phi) is 3.61. The second-order valence-electron chi connectivity index (χ2n) is 4.14. The molecule has 9 heteroatoms. The molecule has 1 aromatic heterocycles. The fraction of sp³-hybridized carbons (Fsp3) is 0.556. The summed E-state index contributed by atoms with van der Waals surface area (Å²) in [5.41, 5.74) is 0.617. The second-order valence-corrected chi connectivity index (χ2v) is 7.13. The summed E-state index contributed by atoms with van der Waals surface area (Å²) in [6.07, 6.45) is 0.0133. The van der Waals surface area contributed by atoms with E-state index in [1.807, 2.05) is 0 Å². The van der Waals surface area contributed by atoms with Crippen LogP contribution in [0.4, 0.5) is 9.02 Å². The molecule has 0 saturated carbocycles. The van der Waals surface area contributed by atoms with Crippen LogP contribution >= 0.6 is 22.9 Å². The quantitative estimate of drug-likeness (QED) is 0.798. The number of carbonyl (C=O) groups excluding carboxylic acids is 1. The van der Waals surface area contributed by atoms with E-state index in [4.69, 9.17) is 11.6 Å². The Hall–Kier alpha value is -0.730. The van der Waals surface area contributed by atoms with Crippen LogP contribution in [0.5, 0.6) is 0 Å². The number of anilines is 1. The summed E-state index contributed by atoms with van der Waals surface area (Å²) in [5, 5.41) is 0.432. The molecule has 1 aliphatic heterocycles. The third-order valence-corrected chi connectivity index (χ3v) is 4.94. The van der Waals surface area contributed by atoms with Gasteiger partial charge in [-0.05, 0) is 6.92 Å². The second kappa shape index (κ2) is 4.75. The van der Waals surface area contributed by atoms with E-state index in [0.717, 1.165) is 11.3 Å².